The monoisotopic (exact) mass is 368 g/mol. The minimum atomic E-state index is 0.562. The van der Waals surface area contributed by atoms with Crippen LogP contribution in [-0.4, -0.2) is 33.0 Å². The summed E-state index contributed by atoms with van der Waals surface area (Å²) in [4.78, 5) is 0. The summed E-state index contributed by atoms with van der Waals surface area (Å²) in [6.45, 7) is 2.04. The van der Waals surface area contributed by atoms with Crippen LogP contribution < -0.4 is 24.7 Å². The van der Waals surface area contributed by atoms with E-state index in [9.17, 15) is 0 Å². The molecule has 2 N–H and O–H groups in total. The first-order chi connectivity index (χ1) is 13.0. The summed E-state index contributed by atoms with van der Waals surface area (Å²) in [5.41, 5.74) is 10.6. The number of nitrogens with two attached hydrogens (primary N) is 1. The third-order valence-electron chi connectivity index (χ3n) is 4.51. The van der Waals surface area contributed by atoms with Crippen molar-refractivity contribution in [3.8, 4) is 39.9 Å². The van der Waals surface area contributed by atoms with Gasteiger partial charge < -0.3 is 29.2 Å². The average molecular weight is 368 g/mol. The van der Waals surface area contributed by atoms with E-state index in [4.69, 9.17) is 24.7 Å². The molecule has 3 rings (SSSR count). The zero-order valence-electron chi connectivity index (χ0n) is 16.2. The molecule has 0 aliphatic carbocycles. The normalized spacial score (nSPS) is 10.6. The Labute approximate surface area is 159 Å². The van der Waals surface area contributed by atoms with Gasteiger partial charge in [0, 0.05) is 16.9 Å². The average Bonchev–Trinajstić information content (AvgIpc) is 3.08. The first-order valence-electron chi connectivity index (χ1n) is 8.46. The number of nitrogen functional groups attached to an aromatic ring is 1. The van der Waals surface area contributed by atoms with Crippen molar-refractivity contribution in [2.75, 3.05) is 34.2 Å². The van der Waals surface area contributed by atoms with E-state index in [0.717, 1.165) is 22.6 Å². The number of nitrogens with zero attached hydrogens (tertiary/aromatic N) is 1. The summed E-state index contributed by atoms with van der Waals surface area (Å²) >= 11 is 0. The molecule has 6 nitrogen and oxygen atoms in total. The molecule has 0 spiro atoms. The van der Waals surface area contributed by atoms with Gasteiger partial charge in [0.2, 0.25) is 5.75 Å². The number of anilines is 1. The number of hydrogen-bond acceptors (Lipinski definition) is 5. The largest absolute Gasteiger partial charge is 0.495 e. The van der Waals surface area contributed by atoms with Gasteiger partial charge in [0.15, 0.2) is 11.5 Å². The number of aromatic nitrogens is 1. The van der Waals surface area contributed by atoms with Crippen LogP contribution in [0.1, 0.15) is 5.69 Å². The number of rotatable bonds is 6. The van der Waals surface area contributed by atoms with Gasteiger partial charge in [-0.25, -0.2) is 0 Å². The van der Waals surface area contributed by atoms with Crippen molar-refractivity contribution in [2.45, 2.75) is 6.92 Å². The Morgan fingerprint density at radius 3 is 1.89 bits per heavy atom. The lowest BCUT2D eigenvalue weighted by atomic mass is 10.1. The molecule has 1 aromatic heterocycles. The molecule has 0 unspecified atom stereocenters. The highest BCUT2D eigenvalue weighted by atomic mass is 16.5. The highest BCUT2D eigenvalue weighted by Crippen LogP contribution is 2.42. The Morgan fingerprint density at radius 1 is 0.741 bits per heavy atom. The lowest BCUT2D eigenvalue weighted by molar-refractivity contribution is 0.324. The lowest BCUT2D eigenvalue weighted by Crippen LogP contribution is -2.02. The Kier molecular flexibility index (Phi) is 5.16. The summed E-state index contributed by atoms with van der Waals surface area (Å²) in [5, 5.41) is 0. The third-order valence-corrected chi connectivity index (χ3v) is 4.51. The zero-order chi connectivity index (χ0) is 19.6. The van der Waals surface area contributed by atoms with Crippen LogP contribution in [0.15, 0.2) is 42.5 Å². The Morgan fingerprint density at radius 2 is 1.37 bits per heavy atom. The lowest BCUT2D eigenvalue weighted by Gasteiger charge is -2.17. The molecule has 3 aromatic rings. The Bertz CT molecular complexity index is 938. The van der Waals surface area contributed by atoms with Crippen molar-refractivity contribution >= 4 is 5.69 Å². The molecule has 0 amide bonds. The maximum atomic E-state index is 6.11. The van der Waals surface area contributed by atoms with Crippen LogP contribution in [0.5, 0.6) is 23.0 Å². The second-order valence-electron chi connectivity index (χ2n) is 6.04. The molecular weight excluding hydrogens is 344 g/mol. The smallest absolute Gasteiger partial charge is 0.203 e. The van der Waals surface area contributed by atoms with Gasteiger partial charge in [-0.15, -0.1) is 0 Å². The predicted molar refractivity (Wildman–Crippen MR) is 107 cm³/mol. The van der Waals surface area contributed by atoms with Crippen LogP contribution >= 0.6 is 0 Å². The number of hydrogen-bond donors (Lipinski definition) is 1. The van der Waals surface area contributed by atoms with E-state index in [1.165, 1.54) is 0 Å². The molecule has 0 fully saturated rings. The van der Waals surface area contributed by atoms with E-state index in [0.29, 0.717) is 28.7 Å². The summed E-state index contributed by atoms with van der Waals surface area (Å²) in [6, 6.07) is 13.7. The van der Waals surface area contributed by atoms with E-state index in [1.807, 2.05) is 37.3 Å². The Hall–Kier alpha value is -3.28. The fourth-order valence-corrected chi connectivity index (χ4v) is 3.20. The van der Waals surface area contributed by atoms with Crippen molar-refractivity contribution in [2.24, 2.45) is 0 Å². The SMILES string of the molecule is COc1ccc(-n2c(C)ccc2-c2cc(OC)c(OC)c(OC)c2)cc1N. The van der Waals surface area contributed by atoms with Crippen molar-refractivity contribution in [3.63, 3.8) is 0 Å². The second kappa shape index (κ2) is 7.53. The van der Waals surface area contributed by atoms with E-state index in [2.05, 4.69) is 16.7 Å². The third kappa shape index (κ3) is 3.26. The second-order valence-corrected chi connectivity index (χ2v) is 6.04. The summed E-state index contributed by atoms with van der Waals surface area (Å²) in [5.74, 6) is 2.42. The Balaban J connectivity index is 2.19. The molecule has 142 valence electrons. The number of ether oxygens (including phenoxy) is 4. The van der Waals surface area contributed by atoms with Crippen LogP contribution in [0.25, 0.3) is 16.9 Å². The fourth-order valence-electron chi connectivity index (χ4n) is 3.20. The van der Waals surface area contributed by atoms with Crippen LogP contribution in [-0.2, 0) is 0 Å². The number of benzene rings is 2. The van der Waals surface area contributed by atoms with Crippen LogP contribution in [0, 0.1) is 6.92 Å². The van der Waals surface area contributed by atoms with Crippen molar-refractivity contribution in [1.82, 2.24) is 4.57 Å². The highest BCUT2D eigenvalue weighted by molar-refractivity contribution is 5.72. The van der Waals surface area contributed by atoms with Gasteiger partial charge in [-0.1, -0.05) is 0 Å². The van der Waals surface area contributed by atoms with Crippen molar-refractivity contribution in [3.05, 3.63) is 48.2 Å². The predicted octanol–water partition coefficient (Wildman–Crippen LogP) is 4.07. The standard InChI is InChI=1S/C21H24N2O4/c1-13-6-8-17(23(13)15-7-9-18(24-2)16(22)12-15)14-10-19(25-3)21(27-5)20(11-14)26-4/h6-12H,22H2,1-5H3. The molecule has 0 saturated carbocycles. The van der Waals surface area contributed by atoms with Crippen LogP contribution in [0.3, 0.4) is 0 Å². The van der Waals surface area contributed by atoms with Gasteiger partial charge in [-0.3, -0.25) is 0 Å². The van der Waals surface area contributed by atoms with Gasteiger partial charge in [0.05, 0.1) is 39.8 Å². The molecule has 2 aromatic carbocycles. The highest BCUT2D eigenvalue weighted by Gasteiger charge is 2.17. The summed E-state index contributed by atoms with van der Waals surface area (Å²) in [6.07, 6.45) is 0. The van der Waals surface area contributed by atoms with E-state index in [1.54, 1.807) is 28.4 Å². The molecule has 0 saturated heterocycles. The van der Waals surface area contributed by atoms with Gasteiger partial charge in [0.1, 0.15) is 5.75 Å². The number of methoxy groups -OCH3 is 4. The number of aryl methyl sites for hydroxylation is 1. The molecule has 0 aliphatic heterocycles. The molecule has 27 heavy (non-hydrogen) atoms. The van der Waals surface area contributed by atoms with Gasteiger partial charge >= 0.3 is 0 Å². The van der Waals surface area contributed by atoms with Gasteiger partial charge in [0.25, 0.3) is 0 Å². The minimum Gasteiger partial charge on any atom is -0.495 e. The first-order valence-corrected chi connectivity index (χ1v) is 8.46. The van der Waals surface area contributed by atoms with E-state index in [-0.39, 0.29) is 0 Å². The fraction of sp³-hybridized carbons (Fsp3) is 0.238. The van der Waals surface area contributed by atoms with Crippen LogP contribution in [0.4, 0.5) is 5.69 Å². The first kappa shape index (κ1) is 18.5. The van der Waals surface area contributed by atoms with Crippen molar-refractivity contribution < 1.29 is 18.9 Å². The van der Waals surface area contributed by atoms with E-state index < -0.39 is 0 Å². The molecular formula is C21H24N2O4. The zero-order valence-corrected chi connectivity index (χ0v) is 16.2. The molecule has 0 atom stereocenters. The minimum absolute atomic E-state index is 0.562. The molecule has 1 heterocycles. The molecule has 0 radical (unpaired) electrons. The summed E-state index contributed by atoms with van der Waals surface area (Å²) in [7, 11) is 6.41. The van der Waals surface area contributed by atoms with Gasteiger partial charge in [-0.05, 0) is 49.4 Å². The molecule has 6 heteroatoms. The molecule has 0 aliphatic rings. The van der Waals surface area contributed by atoms with Crippen molar-refractivity contribution in [1.29, 1.82) is 0 Å². The maximum absolute atomic E-state index is 6.11. The van der Waals surface area contributed by atoms with Gasteiger partial charge in [-0.2, -0.15) is 0 Å². The maximum Gasteiger partial charge on any atom is 0.203 e. The quantitative estimate of drug-likeness (QED) is 0.664. The summed E-state index contributed by atoms with van der Waals surface area (Å²) < 4.78 is 23.8. The topological polar surface area (TPSA) is 67.9 Å². The van der Waals surface area contributed by atoms with Crippen LogP contribution in [0.2, 0.25) is 0 Å². The molecule has 0 bridgehead atoms. The van der Waals surface area contributed by atoms with E-state index >= 15 is 0 Å².